The number of hydrogen-bond acceptors (Lipinski definition) is 3. The Kier molecular flexibility index (Phi) is 3.63. The molecule has 0 bridgehead atoms. The van der Waals surface area contributed by atoms with Gasteiger partial charge in [-0.2, -0.15) is 0 Å². The van der Waals surface area contributed by atoms with Crippen LogP contribution in [0, 0.1) is 0 Å². The van der Waals surface area contributed by atoms with Gasteiger partial charge < -0.3 is 10.9 Å². The summed E-state index contributed by atoms with van der Waals surface area (Å²) < 4.78 is 5.15. The van der Waals surface area contributed by atoms with E-state index in [0.717, 1.165) is 28.8 Å². The normalized spacial score (nSPS) is 9.73. The molecule has 0 unspecified atom stereocenters. The summed E-state index contributed by atoms with van der Waals surface area (Å²) in [7, 11) is 1.68. The SMILES string of the molecule is CCc1ccc2cc(OC)ccc2n1.N. The van der Waals surface area contributed by atoms with E-state index in [2.05, 4.69) is 24.0 Å². The highest BCUT2D eigenvalue weighted by molar-refractivity contribution is 5.80. The van der Waals surface area contributed by atoms with Crippen LogP contribution in [0.1, 0.15) is 12.6 Å². The molecule has 0 spiro atoms. The Bertz CT molecular complexity index is 411. The van der Waals surface area contributed by atoms with Gasteiger partial charge in [0.15, 0.2) is 0 Å². The predicted molar refractivity (Wildman–Crippen MR) is 62.7 cm³/mol. The van der Waals surface area contributed by atoms with Gasteiger partial charge >= 0.3 is 0 Å². The standard InChI is InChI=1S/C12H13NO.H3N/c1-3-10-5-4-9-8-11(14-2)6-7-12(9)13-10;/h4-8H,3H2,1-2H3;1H3. The van der Waals surface area contributed by atoms with E-state index in [4.69, 9.17) is 4.74 Å². The zero-order valence-electron chi connectivity index (χ0n) is 9.16. The van der Waals surface area contributed by atoms with Crippen LogP contribution in [-0.2, 0) is 6.42 Å². The summed E-state index contributed by atoms with van der Waals surface area (Å²) in [6.45, 7) is 2.11. The Labute approximate surface area is 89.7 Å². The molecule has 2 aromatic rings. The number of nitrogens with zero attached hydrogens (tertiary/aromatic N) is 1. The van der Waals surface area contributed by atoms with Crippen LogP contribution in [0.3, 0.4) is 0 Å². The van der Waals surface area contributed by atoms with Gasteiger partial charge in [-0.25, -0.2) is 0 Å². The predicted octanol–water partition coefficient (Wildman–Crippen LogP) is 2.97. The molecule has 1 aromatic heterocycles. The lowest BCUT2D eigenvalue weighted by atomic mass is 10.2. The van der Waals surface area contributed by atoms with Crippen LogP contribution in [-0.4, -0.2) is 12.1 Å². The van der Waals surface area contributed by atoms with Crippen molar-refractivity contribution in [1.82, 2.24) is 11.1 Å². The molecule has 0 aliphatic heterocycles. The summed E-state index contributed by atoms with van der Waals surface area (Å²) in [5.74, 6) is 0.878. The fourth-order valence-corrected chi connectivity index (χ4v) is 1.47. The summed E-state index contributed by atoms with van der Waals surface area (Å²) in [6.07, 6.45) is 0.974. The third-order valence-corrected chi connectivity index (χ3v) is 2.32. The van der Waals surface area contributed by atoms with E-state index in [1.165, 1.54) is 0 Å². The average molecular weight is 204 g/mol. The van der Waals surface area contributed by atoms with Crippen LogP contribution < -0.4 is 10.9 Å². The second-order valence-electron chi connectivity index (χ2n) is 3.21. The van der Waals surface area contributed by atoms with Gasteiger partial charge in [-0.05, 0) is 30.7 Å². The number of methoxy groups -OCH3 is 1. The number of aromatic nitrogens is 1. The summed E-state index contributed by atoms with van der Waals surface area (Å²) in [5, 5.41) is 1.13. The van der Waals surface area contributed by atoms with E-state index < -0.39 is 0 Å². The fraction of sp³-hybridized carbons (Fsp3) is 0.250. The summed E-state index contributed by atoms with van der Waals surface area (Å²) in [4.78, 5) is 4.51. The van der Waals surface area contributed by atoms with Gasteiger partial charge in [-0.1, -0.05) is 13.0 Å². The van der Waals surface area contributed by atoms with Crippen molar-refractivity contribution in [2.75, 3.05) is 7.11 Å². The first-order valence-corrected chi connectivity index (χ1v) is 4.77. The van der Waals surface area contributed by atoms with E-state index in [0.29, 0.717) is 0 Å². The molecule has 0 amide bonds. The first-order chi connectivity index (χ1) is 6.83. The van der Waals surface area contributed by atoms with Crippen LogP contribution >= 0.6 is 0 Å². The van der Waals surface area contributed by atoms with Gasteiger partial charge in [0.05, 0.1) is 12.6 Å². The molecule has 1 aromatic carbocycles. The molecule has 15 heavy (non-hydrogen) atoms. The van der Waals surface area contributed by atoms with Gasteiger partial charge in [0.2, 0.25) is 0 Å². The van der Waals surface area contributed by atoms with Crippen molar-refractivity contribution in [2.24, 2.45) is 0 Å². The van der Waals surface area contributed by atoms with Crippen molar-refractivity contribution >= 4 is 10.9 Å². The Morgan fingerprint density at radius 2 is 2.00 bits per heavy atom. The Hall–Kier alpha value is -1.61. The number of fused-ring (bicyclic) bond motifs is 1. The first kappa shape index (κ1) is 11.5. The second-order valence-corrected chi connectivity index (χ2v) is 3.21. The number of hydrogen-bond donors (Lipinski definition) is 1. The minimum Gasteiger partial charge on any atom is -0.497 e. The molecule has 1 heterocycles. The largest absolute Gasteiger partial charge is 0.497 e. The molecule has 0 radical (unpaired) electrons. The number of rotatable bonds is 2. The van der Waals surface area contributed by atoms with Gasteiger partial charge in [0.25, 0.3) is 0 Å². The lowest BCUT2D eigenvalue weighted by Gasteiger charge is -2.03. The molecule has 0 saturated carbocycles. The van der Waals surface area contributed by atoms with Crippen LogP contribution in [0.25, 0.3) is 10.9 Å². The monoisotopic (exact) mass is 204 g/mol. The molecule has 0 saturated heterocycles. The molecule has 2 rings (SSSR count). The second kappa shape index (κ2) is 4.75. The number of ether oxygens (including phenoxy) is 1. The smallest absolute Gasteiger partial charge is 0.119 e. The third-order valence-electron chi connectivity index (χ3n) is 2.32. The molecule has 0 fully saturated rings. The third kappa shape index (κ3) is 2.25. The van der Waals surface area contributed by atoms with Crippen molar-refractivity contribution in [2.45, 2.75) is 13.3 Å². The van der Waals surface area contributed by atoms with Crippen molar-refractivity contribution < 1.29 is 4.74 Å². The molecule has 0 aliphatic carbocycles. The zero-order valence-corrected chi connectivity index (χ0v) is 9.16. The molecule has 3 N–H and O–H groups in total. The topological polar surface area (TPSA) is 57.1 Å². The highest BCUT2D eigenvalue weighted by Crippen LogP contribution is 2.19. The summed E-state index contributed by atoms with van der Waals surface area (Å²) in [5.41, 5.74) is 2.16. The Morgan fingerprint density at radius 3 is 2.67 bits per heavy atom. The van der Waals surface area contributed by atoms with Crippen LogP contribution in [0.5, 0.6) is 5.75 Å². The molecule has 80 valence electrons. The number of aryl methyl sites for hydroxylation is 1. The zero-order chi connectivity index (χ0) is 9.97. The van der Waals surface area contributed by atoms with Crippen LogP contribution in [0.2, 0.25) is 0 Å². The van der Waals surface area contributed by atoms with Crippen molar-refractivity contribution in [3.63, 3.8) is 0 Å². The van der Waals surface area contributed by atoms with Crippen LogP contribution in [0.15, 0.2) is 30.3 Å². The summed E-state index contributed by atoms with van der Waals surface area (Å²) in [6, 6.07) is 10.1. The van der Waals surface area contributed by atoms with Gasteiger partial charge in [-0.3, -0.25) is 4.98 Å². The highest BCUT2D eigenvalue weighted by Gasteiger charge is 1.98. The Morgan fingerprint density at radius 1 is 1.20 bits per heavy atom. The maximum absolute atomic E-state index is 5.15. The molecule has 0 atom stereocenters. The quantitative estimate of drug-likeness (QED) is 0.818. The van der Waals surface area contributed by atoms with E-state index in [9.17, 15) is 0 Å². The Balaban J connectivity index is 0.00000112. The lowest BCUT2D eigenvalue weighted by molar-refractivity contribution is 0.415. The molecular formula is C12H16N2O. The maximum atomic E-state index is 5.15. The van der Waals surface area contributed by atoms with Crippen molar-refractivity contribution in [3.8, 4) is 5.75 Å². The lowest BCUT2D eigenvalue weighted by Crippen LogP contribution is -1.88. The molecule has 0 aliphatic rings. The van der Waals surface area contributed by atoms with Gasteiger partial charge in [-0.15, -0.1) is 0 Å². The van der Waals surface area contributed by atoms with Gasteiger partial charge in [0, 0.05) is 11.1 Å². The number of pyridine rings is 1. The van der Waals surface area contributed by atoms with E-state index in [1.807, 2.05) is 18.2 Å². The molecule has 3 nitrogen and oxygen atoms in total. The minimum absolute atomic E-state index is 0. The average Bonchev–Trinajstić information content (AvgIpc) is 2.27. The van der Waals surface area contributed by atoms with Crippen molar-refractivity contribution in [3.05, 3.63) is 36.0 Å². The summed E-state index contributed by atoms with van der Waals surface area (Å²) >= 11 is 0. The van der Waals surface area contributed by atoms with E-state index in [1.54, 1.807) is 7.11 Å². The molecule has 3 heteroatoms. The molecular weight excluding hydrogens is 188 g/mol. The number of benzene rings is 1. The fourth-order valence-electron chi connectivity index (χ4n) is 1.47. The van der Waals surface area contributed by atoms with E-state index >= 15 is 0 Å². The van der Waals surface area contributed by atoms with Crippen LogP contribution in [0.4, 0.5) is 0 Å². The highest BCUT2D eigenvalue weighted by atomic mass is 16.5. The van der Waals surface area contributed by atoms with E-state index in [-0.39, 0.29) is 6.15 Å². The van der Waals surface area contributed by atoms with Gasteiger partial charge in [0.1, 0.15) is 5.75 Å². The first-order valence-electron chi connectivity index (χ1n) is 4.77. The maximum Gasteiger partial charge on any atom is 0.119 e. The van der Waals surface area contributed by atoms with Crippen molar-refractivity contribution in [1.29, 1.82) is 0 Å². The minimum atomic E-state index is 0.